The molecule has 6 heteroatoms. The Bertz CT molecular complexity index is 980. The van der Waals surface area contributed by atoms with Crippen molar-refractivity contribution in [1.82, 2.24) is 19.5 Å². The van der Waals surface area contributed by atoms with E-state index in [2.05, 4.69) is 10.4 Å². The van der Waals surface area contributed by atoms with E-state index in [0.29, 0.717) is 16.6 Å². The number of benzene rings is 1. The fourth-order valence-electron chi connectivity index (χ4n) is 3.57. The lowest BCUT2D eigenvalue weighted by molar-refractivity contribution is 0.0928. The van der Waals surface area contributed by atoms with E-state index in [9.17, 15) is 9.59 Å². The van der Waals surface area contributed by atoms with Gasteiger partial charge in [-0.1, -0.05) is 19.3 Å². The highest BCUT2D eigenvalue weighted by Gasteiger charge is 2.18. The standard InChI is InChI=1S/C18H20N4O2/c1-21-16-11-12(17(23)20-13-5-3-2-4-6-13)7-8-14(16)22-15(18(21)24)9-10-19-22/h7-11,13H,2-6H2,1H3,(H,20,23). The van der Waals surface area contributed by atoms with E-state index in [1.54, 1.807) is 40.5 Å². The van der Waals surface area contributed by atoms with Gasteiger partial charge in [-0.25, -0.2) is 4.52 Å². The summed E-state index contributed by atoms with van der Waals surface area (Å²) >= 11 is 0. The Morgan fingerprint density at radius 3 is 2.71 bits per heavy atom. The Kier molecular flexibility index (Phi) is 3.59. The minimum Gasteiger partial charge on any atom is -0.349 e. The smallest absolute Gasteiger partial charge is 0.276 e. The molecule has 6 nitrogen and oxygen atoms in total. The second-order valence-corrected chi connectivity index (χ2v) is 6.50. The molecule has 0 spiro atoms. The van der Waals surface area contributed by atoms with Gasteiger partial charge in [0.1, 0.15) is 5.52 Å². The SMILES string of the molecule is Cn1c(=O)c2ccnn2c2ccc(C(=O)NC3CCCCC3)cc21. The summed E-state index contributed by atoms with van der Waals surface area (Å²) < 4.78 is 3.20. The second-order valence-electron chi connectivity index (χ2n) is 6.50. The lowest BCUT2D eigenvalue weighted by atomic mass is 9.95. The van der Waals surface area contributed by atoms with Gasteiger partial charge in [0.25, 0.3) is 11.5 Å². The first-order valence-electron chi connectivity index (χ1n) is 8.42. The maximum absolute atomic E-state index is 12.5. The van der Waals surface area contributed by atoms with Gasteiger partial charge in [0.2, 0.25) is 0 Å². The molecule has 0 saturated heterocycles. The van der Waals surface area contributed by atoms with Crippen molar-refractivity contribution < 1.29 is 4.79 Å². The zero-order chi connectivity index (χ0) is 16.7. The number of hydrogen-bond donors (Lipinski definition) is 1. The third kappa shape index (κ3) is 2.38. The number of nitrogens with zero attached hydrogens (tertiary/aromatic N) is 3. The van der Waals surface area contributed by atoms with Crippen LogP contribution in [-0.4, -0.2) is 26.1 Å². The van der Waals surface area contributed by atoms with Crippen LogP contribution in [0.15, 0.2) is 35.3 Å². The van der Waals surface area contributed by atoms with Crippen LogP contribution in [0.2, 0.25) is 0 Å². The normalized spacial score (nSPS) is 15.9. The maximum Gasteiger partial charge on any atom is 0.276 e. The third-order valence-electron chi connectivity index (χ3n) is 4.93. The summed E-state index contributed by atoms with van der Waals surface area (Å²) in [6.45, 7) is 0. The van der Waals surface area contributed by atoms with Crippen LogP contribution >= 0.6 is 0 Å². The number of carbonyl (C=O) groups is 1. The largest absolute Gasteiger partial charge is 0.349 e. The van der Waals surface area contributed by atoms with E-state index in [0.717, 1.165) is 18.4 Å². The summed E-state index contributed by atoms with van der Waals surface area (Å²) in [4.78, 5) is 24.9. The number of rotatable bonds is 2. The molecule has 3 aromatic rings. The van der Waals surface area contributed by atoms with Crippen LogP contribution in [0.25, 0.3) is 16.6 Å². The Balaban J connectivity index is 1.75. The van der Waals surface area contributed by atoms with E-state index >= 15 is 0 Å². The molecule has 2 heterocycles. The van der Waals surface area contributed by atoms with Crippen molar-refractivity contribution in [2.24, 2.45) is 7.05 Å². The average Bonchev–Trinajstić information content (AvgIpc) is 3.10. The molecule has 1 aliphatic rings. The Hall–Kier alpha value is -2.63. The van der Waals surface area contributed by atoms with Crippen LogP contribution in [0.5, 0.6) is 0 Å². The summed E-state index contributed by atoms with van der Waals surface area (Å²) in [6, 6.07) is 7.39. The van der Waals surface area contributed by atoms with Crippen molar-refractivity contribution >= 4 is 22.5 Å². The molecule has 1 amide bonds. The molecular formula is C18H20N4O2. The first kappa shape index (κ1) is 14.9. The van der Waals surface area contributed by atoms with Crippen LogP contribution in [0.3, 0.4) is 0 Å². The first-order chi connectivity index (χ1) is 11.6. The number of fused-ring (bicyclic) bond motifs is 3. The Labute approximate surface area is 139 Å². The summed E-state index contributed by atoms with van der Waals surface area (Å²) in [5.41, 5.74) is 2.50. The van der Waals surface area contributed by atoms with E-state index < -0.39 is 0 Å². The van der Waals surface area contributed by atoms with Gasteiger partial charge < -0.3 is 9.88 Å². The van der Waals surface area contributed by atoms with Crippen molar-refractivity contribution in [1.29, 1.82) is 0 Å². The van der Waals surface area contributed by atoms with Crippen molar-refractivity contribution in [3.63, 3.8) is 0 Å². The highest BCUT2D eigenvalue weighted by molar-refractivity contribution is 5.97. The van der Waals surface area contributed by atoms with Crippen LogP contribution < -0.4 is 10.9 Å². The molecule has 0 bridgehead atoms. The van der Waals surface area contributed by atoms with Crippen molar-refractivity contribution in [2.45, 2.75) is 38.1 Å². The molecule has 24 heavy (non-hydrogen) atoms. The summed E-state index contributed by atoms with van der Waals surface area (Å²) in [5, 5.41) is 7.34. The highest BCUT2D eigenvalue weighted by atomic mass is 16.1. The molecular weight excluding hydrogens is 304 g/mol. The van der Waals surface area contributed by atoms with Gasteiger partial charge in [-0.3, -0.25) is 9.59 Å². The zero-order valence-electron chi connectivity index (χ0n) is 13.7. The number of aromatic nitrogens is 3. The molecule has 124 valence electrons. The Morgan fingerprint density at radius 2 is 1.92 bits per heavy atom. The molecule has 0 radical (unpaired) electrons. The van der Waals surface area contributed by atoms with Crippen molar-refractivity contribution in [2.75, 3.05) is 0 Å². The van der Waals surface area contributed by atoms with Gasteiger partial charge in [-0.15, -0.1) is 0 Å². The predicted molar refractivity (Wildman–Crippen MR) is 92.3 cm³/mol. The fraction of sp³-hybridized carbons (Fsp3) is 0.389. The van der Waals surface area contributed by atoms with E-state index in [-0.39, 0.29) is 17.5 Å². The molecule has 0 unspecified atom stereocenters. The monoisotopic (exact) mass is 324 g/mol. The van der Waals surface area contributed by atoms with Crippen molar-refractivity contribution in [3.05, 3.63) is 46.4 Å². The quantitative estimate of drug-likeness (QED) is 0.786. The molecule has 2 aromatic heterocycles. The fourth-order valence-corrected chi connectivity index (χ4v) is 3.57. The minimum atomic E-state index is -0.121. The summed E-state index contributed by atoms with van der Waals surface area (Å²) in [7, 11) is 1.72. The van der Waals surface area contributed by atoms with Gasteiger partial charge in [-0.05, 0) is 37.1 Å². The summed E-state index contributed by atoms with van der Waals surface area (Å²) in [6.07, 6.45) is 7.31. The minimum absolute atomic E-state index is 0.0724. The molecule has 4 rings (SSSR count). The molecule has 0 atom stereocenters. The first-order valence-corrected chi connectivity index (χ1v) is 8.42. The van der Waals surface area contributed by atoms with Gasteiger partial charge in [0.05, 0.1) is 17.2 Å². The maximum atomic E-state index is 12.5. The lowest BCUT2D eigenvalue weighted by Crippen LogP contribution is -2.36. The number of amides is 1. The van der Waals surface area contributed by atoms with Crippen LogP contribution in [0, 0.1) is 0 Å². The molecule has 1 N–H and O–H groups in total. The summed E-state index contributed by atoms with van der Waals surface area (Å²) in [5.74, 6) is -0.0724. The lowest BCUT2D eigenvalue weighted by Gasteiger charge is -2.22. The number of nitrogens with one attached hydrogen (secondary N) is 1. The second kappa shape index (κ2) is 5.78. The number of aryl methyl sites for hydroxylation is 1. The predicted octanol–water partition coefficient (Wildman–Crippen LogP) is 2.25. The van der Waals surface area contributed by atoms with Crippen LogP contribution in [-0.2, 0) is 7.05 Å². The van der Waals surface area contributed by atoms with E-state index in [1.807, 2.05) is 6.07 Å². The van der Waals surface area contributed by atoms with E-state index in [4.69, 9.17) is 0 Å². The van der Waals surface area contributed by atoms with E-state index in [1.165, 1.54) is 19.3 Å². The Morgan fingerprint density at radius 1 is 1.12 bits per heavy atom. The molecule has 1 aromatic carbocycles. The average molecular weight is 324 g/mol. The zero-order valence-corrected chi connectivity index (χ0v) is 13.7. The van der Waals surface area contributed by atoms with Crippen LogP contribution in [0.1, 0.15) is 42.5 Å². The number of carbonyl (C=O) groups excluding carboxylic acids is 1. The van der Waals surface area contributed by atoms with Crippen molar-refractivity contribution in [3.8, 4) is 0 Å². The highest BCUT2D eigenvalue weighted by Crippen LogP contribution is 2.19. The van der Waals surface area contributed by atoms with Gasteiger partial charge >= 0.3 is 0 Å². The molecule has 1 saturated carbocycles. The van der Waals surface area contributed by atoms with Gasteiger partial charge in [0.15, 0.2) is 0 Å². The molecule has 1 fully saturated rings. The van der Waals surface area contributed by atoms with Gasteiger partial charge in [-0.2, -0.15) is 5.10 Å². The molecule has 0 aliphatic heterocycles. The topological polar surface area (TPSA) is 68.4 Å². The molecule has 1 aliphatic carbocycles. The third-order valence-corrected chi connectivity index (χ3v) is 4.93. The number of hydrogen-bond acceptors (Lipinski definition) is 3. The van der Waals surface area contributed by atoms with Gasteiger partial charge in [0, 0.05) is 18.7 Å². The van der Waals surface area contributed by atoms with Crippen LogP contribution in [0.4, 0.5) is 0 Å².